The molecule has 0 aliphatic carbocycles. The zero-order chi connectivity index (χ0) is 23.4. The summed E-state index contributed by atoms with van der Waals surface area (Å²) < 4.78 is 40.5. The summed E-state index contributed by atoms with van der Waals surface area (Å²) in [4.78, 5) is 17.1. The molecule has 0 atom stereocenters. The lowest BCUT2D eigenvalue weighted by Crippen LogP contribution is -2.15. The summed E-state index contributed by atoms with van der Waals surface area (Å²) in [6.45, 7) is 2.09. The van der Waals surface area contributed by atoms with Gasteiger partial charge in [-0.3, -0.25) is 14.8 Å². The molecule has 0 bridgehead atoms. The predicted octanol–water partition coefficient (Wildman–Crippen LogP) is 5.56. The Morgan fingerprint density at radius 2 is 1.76 bits per heavy atom. The standard InChI is InChI=1S/C24H20FN3O3S2/c1-2-16-6-8-17(9-7-16)22-15-32-24(26-22)27-23(29)18-4-3-5-20(14-18)28-33(30,31)21-12-10-19(25)11-13-21/h3-15,28H,2H2,1H3,(H,26,27,29). The predicted molar refractivity (Wildman–Crippen MR) is 129 cm³/mol. The Hall–Kier alpha value is -3.56. The number of benzene rings is 3. The molecule has 33 heavy (non-hydrogen) atoms. The van der Waals surface area contributed by atoms with Crippen LogP contribution in [0.2, 0.25) is 0 Å². The third kappa shape index (κ3) is 5.44. The lowest BCUT2D eigenvalue weighted by molar-refractivity contribution is 0.102. The van der Waals surface area contributed by atoms with Gasteiger partial charge in [0.15, 0.2) is 5.13 Å². The number of anilines is 2. The van der Waals surface area contributed by atoms with Gasteiger partial charge in [-0.05, 0) is 54.4 Å². The van der Waals surface area contributed by atoms with Gasteiger partial charge in [-0.2, -0.15) is 0 Å². The number of rotatable bonds is 7. The van der Waals surface area contributed by atoms with E-state index < -0.39 is 21.7 Å². The van der Waals surface area contributed by atoms with Crippen molar-refractivity contribution in [3.05, 3.63) is 95.1 Å². The molecule has 2 N–H and O–H groups in total. The second-order valence-corrected chi connectivity index (χ2v) is 9.72. The summed E-state index contributed by atoms with van der Waals surface area (Å²) >= 11 is 1.30. The first-order valence-corrected chi connectivity index (χ1v) is 12.4. The number of nitrogens with zero attached hydrogens (tertiary/aromatic N) is 1. The van der Waals surface area contributed by atoms with Gasteiger partial charge >= 0.3 is 0 Å². The van der Waals surface area contributed by atoms with Crippen LogP contribution < -0.4 is 10.0 Å². The molecule has 3 aromatic carbocycles. The number of halogens is 1. The first-order chi connectivity index (χ1) is 15.8. The lowest BCUT2D eigenvalue weighted by Gasteiger charge is -2.09. The SMILES string of the molecule is CCc1ccc(-c2csc(NC(=O)c3cccc(NS(=O)(=O)c4ccc(F)cc4)c3)n2)cc1. The van der Waals surface area contributed by atoms with Crippen LogP contribution in [0.25, 0.3) is 11.3 Å². The molecule has 0 aliphatic heterocycles. The molecule has 1 aromatic heterocycles. The molecule has 1 heterocycles. The number of aryl methyl sites for hydroxylation is 1. The molecule has 9 heteroatoms. The van der Waals surface area contributed by atoms with Crippen LogP contribution in [0.4, 0.5) is 15.2 Å². The molecule has 0 saturated heterocycles. The second kappa shape index (κ2) is 9.51. The van der Waals surface area contributed by atoms with Crippen LogP contribution in [0.1, 0.15) is 22.8 Å². The number of hydrogen-bond acceptors (Lipinski definition) is 5. The Morgan fingerprint density at radius 1 is 1.03 bits per heavy atom. The number of carbonyl (C=O) groups excluding carboxylic acids is 1. The average Bonchev–Trinajstić information content (AvgIpc) is 3.28. The minimum absolute atomic E-state index is 0.0824. The fourth-order valence-corrected chi connectivity index (χ4v) is 4.86. The molecule has 168 valence electrons. The quantitative estimate of drug-likeness (QED) is 0.361. The Balaban J connectivity index is 1.47. The molecule has 0 unspecified atom stereocenters. The maximum absolute atomic E-state index is 13.1. The topological polar surface area (TPSA) is 88.2 Å². The molecule has 0 spiro atoms. The Labute approximate surface area is 195 Å². The summed E-state index contributed by atoms with van der Waals surface area (Å²) in [6.07, 6.45) is 0.956. The Kier molecular flexibility index (Phi) is 6.52. The number of nitrogens with one attached hydrogen (secondary N) is 2. The highest BCUT2D eigenvalue weighted by molar-refractivity contribution is 7.92. The van der Waals surface area contributed by atoms with Crippen LogP contribution >= 0.6 is 11.3 Å². The highest BCUT2D eigenvalue weighted by Crippen LogP contribution is 2.26. The Bertz CT molecular complexity index is 1380. The summed E-state index contributed by atoms with van der Waals surface area (Å²) in [5.74, 6) is -0.948. The lowest BCUT2D eigenvalue weighted by atomic mass is 10.1. The van der Waals surface area contributed by atoms with Crippen molar-refractivity contribution in [2.24, 2.45) is 0 Å². The molecule has 0 aliphatic rings. The number of thiazole rings is 1. The van der Waals surface area contributed by atoms with Crippen molar-refractivity contribution in [2.45, 2.75) is 18.2 Å². The van der Waals surface area contributed by atoms with Gasteiger partial charge in [0.25, 0.3) is 15.9 Å². The summed E-state index contributed by atoms with van der Waals surface area (Å²) in [5.41, 5.74) is 3.43. The zero-order valence-electron chi connectivity index (χ0n) is 17.6. The highest BCUT2D eigenvalue weighted by atomic mass is 32.2. The van der Waals surface area contributed by atoms with Gasteiger partial charge in [0.1, 0.15) is 5.82 Å². The average molecular weight is 482 g/mol. The van der Waals surface area contributed by atoms with E-state index in [-0.39, 0.29) is 16.1 Å². The van der Waals surface area contributed by atoms with Crippen molar-refractivity contribution < 1.29 is 17.6 Å². The monoisotopic (exact) mass is 481 g/mol. The van der Waals surface area contributed by atoms with Crippen molar-refractivity contribution in [1.82, 2.24) is 4.98 Å². The van der Waals surface area contributed by atoms with Crippen LogP contribution in [-0.4, -0.2) is 19.3 Å². The van der Waals surface area contributed by atoms with Crippen LogP contribution in [0.5, 0.6) is 0 Å². The van der Waals surface area contributed by atoms with Crippen LogP contribution in [0, 0.1) is 5.82 Å². The minimum Gasteiger partial charge on any atom is -0.298 e. The molecular formula is C24H20FN3O3S2. The van der Waals surface area contributed by atoms with Crippen molar-refractivity contribution in [1.29, 1.82) is 0 Å². The van der Waals surface area contributed by atoms with E-state index in [2.05, 4.69) is 21.9 Å². The molecule has 0 radical (unpaired) electrons. The van der Waals surface area contributed by atoms with E-state index in [1.54, 1.807) is 12.1 Å². The van der Waals surface area contributed by atoms with E-state index in [1.165, 1.54) is 41.2 Å². The van der Waals surface area contributed by atoms with E-state index >= 15 is 0 Å². The highest BCUT2D eigenvalue weighted by Gasteiger charge is 2.16. The van der Waals surface area contributed by atoms with Crippen molar-refractivity contribution in [3.8, 4) is 11.3 Å². The Morgan fingerprint density at radius 3 is 2.45 bits per heavy atom. The van der Waals surface area contributed by atoms with Gasteiger partial charge in [0.05, 0.1) is 10.6 Å². The molecule has 0 saturated carbocycles. The van der Waals surface area contributed by atoms with E-state index in [0.29, 0.717) is 5.13 Å². The summed E-state index contributed by atoms with van der Waals surface area (Å²) in [5, 5.41) is 5.05. The first-order valence-electron chi connectivity index (χ1n) is 10.1. The zero-order valence-corrected chi connectivity index (χ0v) is 19.2. The van der Waals surface area contributed by atoms with E-state index in [4.69, 9.17) is 0 Å². The van der Waals surface area contributed by atoms with Crippen molar-refractivity contribution in [3.63, 3.8) is 0 Å². The van der Waals surface area contributed by atoms with Crippen LogP contribution in [0.3, 0.4) is 0 Å². The number of hydrogen-bond donors (Lipinski definition) is 2. The number of sulfonamides is 1. The largest absolute Gasteiger partial charge is 0.298 e. The fraction of sp³-hybridized carbons (Fsp3) is 0.0833. The van der Waals surface area contributed by atoms with Gasteiger partial charge in [0.2, 0.25) is 0 Å². The van der Waals surface area contributed by atoms with Gasteiger partial charge < -0.3 is 0 Å². The number of amides is 1. The summed E-state index contributed by atoms with van der Waals surface area (Å²) in [6, 6.07) is 18.7. The fourth-order valence-electron chi connectivity index (χ4n) is 3.10. The van der Waals surface area contributed by atoms with Crippen molar-refractivity contribution in [2.75, 3.05) is 10.0 Å². The summed E-state index contributed by atoms with van der Waals surface area (Å²) in [7, 11) is -3.92. The molecular weight excluding hydrogens is 461 g/mol. The molecule has 4 aromatic rings. The third-order valence-electron chi connectivity index (χ3n) is 4.88. The molecule has 0 fully saturated rings. The van der Waals surface area contributed by atoms with Crippen LogP contribution in [0.15, 0.2) is 83.1 Å². The number of carbonyl (C=O) groups is 1. The van der Waals surface area contributed by atoms with Crippen molar-refractivity contribution >= 4 is 38.1 Å². The van der Waals surface area contributed by atoms with Crippen LogP contribution in [-0.2, 0) is 16.4 Å². The smallest absolute Gasteiger partial charge is 0.261 e. The third-order valence-corrected chi connectivity index (χ3v) is 7.04. The van der Waals surface area contributed by atoms with E-state index in [0.717, 1.165) is 29.8 Å². The van der Waals surface area contributed by atoms with Gasteiger partial charge in [-0.25, -0.2) is 17.8 Å². The van der Waals surface area contributed by atoms with Gasteiger partial charge in [0, 0.05) is 22.2 Å². The number of aromatic nitrogens is 1. The van der Waals surface area contributed by atoms with E-state index in [9.17, 15) is 17.6 Å². The normalized spacial score (nSPS) is 11.2. The maximum Gasteiger partial charge on any atom is 0.261 e. The minimum atomic E-state index is -3.92. The molecule has 4 rings (SSSR count). The molecule has 1 amide bonds. The first kappa shape index (κ1) is 22.6. The molecule has 6 nitrogen and oxygen atoms in total. The maximum atomic E-state index is 13.1. The van der Waals surface area contributed by atoms with Gasteiger partial charge in [-0.15, -0.1) is 11.3 Å². The van der Waals surface area contributed by atoms with E-state index in [1.807, 2.05) is 29.6 Å². The van der Waals surface area contributed by atoms with Gasteiger partial charge in [-0.1, -0.05) is 37.3 Å². The second-order valence-electron chi connectivity index (χ2n) is 7.18.